The minimum absolute atomic E-state index is 0.0148. The van der Waals surface area contributed by atoms with Gasteiger partial charge in [0.1, 0.15) is 0 Å². The molecule has 0 aromatic heterocycles. The van der Waals surface area contributed by atoms with E-state index in [2.05, 4.69) is 10.0 Å². The van der Waals surface area contributed by atoms with Crippen LogP contribution in [0.3, 0.4) is 0 Å². The molecule has 1 aromatic rings. The fourth-order valence-corrected chi connectivity index (χ4v) is 3.32. The number of nitrogens with one attached hydrogen (secondary N) is 2. The highest BCUT2D eigenvalue weighted by atomic mass is 32.2. The largest absolute Gasteiger partial charge is 0.353 e. The number of hydrogen-bond donors (Lipinski definition) is 3. The first-order valence-electron chi connectivity index (χ1n) is 7.10. The molecule has 0 radical (unpaired) electrons. The van der Waals surface area contributed by atoms with E-state index in [9.17, 15) is 13.2 Å². The Hall–Kier alpha value is -1.44. The molecule has 1 aromatic carbocycles. The molecule has 1 saturated carbocycles. The van der Waals surface area contributed by atoms with Crippen molar-refractivity contribution >= 4 is 15.9 Å². The van der Waals surface area contributed by atoms with Gasteiger partial charge in [-0.1, -0.05) is 18.2 Å². The summed E-state index contributed by atoms with van der Waals surface area (Å²) in [6.07, 6.45) is 2.91. The number of carbonyl (C=O) groups excluding carboxylic acids is 1. The number of hydrogen-bond acceptors (Lipinski definition) is 4. The number of amides is 1. The third-order valence-electron chi connectivity index (χ3n) is 3.30. The summed E-state index contributed by atoms with van der Waals surface area (Å²) in [4.78, 5) is 11.7. The van der Waals surface area contributed by atoms with Gasteiger partial charge in [0.2, 0.25) is 15.9 Å². The van der Waals surface area contributed by atoms with Crippen LogP contribution in [-0.2, 0) is 21.4 Å². The molecule has 0 atom stereocenters. The van der Waals surface area contributed by atoms with Gasteiger partial charge in [0.05, 0.1) is 4.90 Å². The summed E-state index contributed by atoms with van der Waals surface area (Å²) in [5.41, 5.74) is 6.13. The first-order chi connectivity index (χ1) is 10.0. The van der Waals surface area contributed by atoms with Crippen LogP contribution in [0.2, 0.25) is 0 Å². The molecule has 2 rings (SSSR count). The third-order valence-corrected chi connectivity index (χ3v) is 4.86. The average Bonchev–Trinajstić information content (AvgIpc) is 3.27. The predicted molar refractivity (Wildman–Crippen MR) is 79.9 cm³/mol. The van der Waals surface area contributed by atoms with Crippen LogP contribution in [0.25, 0.3) is 0 Å². The van der Waals surface area contributed by atoms with Gasteiger partial charge in [-0.2, -0.15) is 0 Å². The molecule has 0 bridgehead atoms. The minimum atomic E-state index is -3.57. The highest BCUT2D eigenvalue weighted by molar-refractivity contribution is 7.89. The van der Waals surface area contributed by atoms with E-state index in [1.54, 1.807) is 18.2 Å². The lowest BCUT2D eigenvalue weighted by Gasteiger charge is -2.10. The third kappa shape index (κ3) is 4.80. The normalized spacial score (nSPS) is 14.9. The molecule has 116 valence electrons. The Labute approximate surface area is 125 Å². The van der Waals surface area contributed by atoms with Crippen molar-refractivity contribution in [2.24, 2.45) is 5.73 Å². The first kappa shape index (κ1) is 15.9. The van der Waals surface area contributed by atoms with Gasteiger partial charge in [-0.25, -0.2) is 13.1 Å². The van der Waals surface area contributed by atoms with Crippen LogP contribution in [-0.4, -0.2) is 26.9 Å². The standard InChI is InChI=1S/C14H21N3O3S/c15-10-11-4-1-2-5-13(11)21(19,20)16-9-3-6-14(18)17-12-7-8-12/h1-2,4-5,12,16H,3,6-10,15H2,(H,17,18). The van der Waals surface area contributed by atoms with Crippen molar-refractivity contribution in [3.8, 4) is 0 Å². The lowest BCUT2D eigenvalue weighted by Crippen LogP contribution is -2.29. The molecule has 1 amide bonds. The van der Waals surface area contributed by atoms with Gasteiger partial charge in [-0.3, -0.25) is 4.79 Å². The van der Waals surface area contributed by atoms with Crippen LogP contribution in [0.1, 0.15) is 31.2 Å². The Kier molecular flexibility index (Phi) is 5.33. The predicted octanol–water partition coefficient (Wildman–Crippen LogP) is 0.482. The number of nitrogens with two attached hydrogens (primary N) is 1. The molecule has 21 heavy (non-hydrogen) atoms. The first-order valence-corrected chi connectivity index (χ1v) is 8.58. The summed E-state index contributed by atoms with van der Waals surface area (Å²) in [6, 6.07) is 6.98. The number of sulfonamides is 1. The van der Waals surface area contributed by atoms with E-state index in [-0.39, 0.29) is 23.9 Å². The molecular formula is C14H21N3O3S. The van der Waals surface area contributed by atoms with Crippen LogP contribution >= 0.6 is 0 Å². The Bertz CT molecular complexity index is 597. The zero-order valence-corrected chi connectivity index (χ0v) is 12.7. The van der Waals surface area contributed by atoms with Crippen LogP contribution in [0.4, 0.5) is 0 Å². The highest BCUT2D eigenvalue weighted by Gasteiger charge is 2.23. The molecule has 0 aliphatic heterocycles. The highest BCUT2D eigenvalue weighted by Crippen LogP contribution is 2.18. The topological polar surface area (TPSA) is 101 Å². The van der Waals surface area contributed by atoms with Gasteiger partial charge in [0.15, 0.2) is 0 Å². The van der Waals surface area contributed by atoms with Crippen LogP contribution in [0, 0.1) is 0 Å². The Balaban J connectivity index is 1.82. The average molecular weight is 311 g/mol. The SMILES string of the molecule is NCc1ccccc1S(=O)(=O)NCCCC(=O)NC1CC1. The van der Waals surface area contributed by atoms with Gasteiger partial charge >= 0.3 is 0 Å². The van der Waals surface area contributed by atoms with E-state index >= 15 is 0 Å². The molecule has 7 heteroatoms. The second-order valence-electron chi connectivity index (χ2n) is 5.15. The molecule has 1 fully saturated rings. The van der Waals surface area contributed by atoms with Gasteiger partial charge in [0, 0.05) is 25.6 Å². The molecule has 1 aliphatic rings. The molecule has 6 nitrogen and oxygen atoms in total. The fourth-order valence-electron chi connectivity index (χ4n) is 2.00. The van der Waals surface area contributed by atoms with E-state index in [0.29, 0.717) is 24.4 Å². The quantitative estimate of drug-likeness (QED) is 0.608. The van der Waals surface area contributed by atoms with Crippen molar-refractivity contribution in [1.82, 2.24) is 10.0 Å². The summed E-state index contributed by atoms with van der Waals surface area (Å²) in [5, 5.41) is 2.87. The number of carbonyl (C=O) groups is 1. The van der Waals surface area contributed by atoms with Gasteiger partial charge < -0.3 is 11.1 Å². The van der Waals surface area contributed by atoms with E-state index in [0.717, 1.165) is 12.8 Å². The zero-order valence-electron chi connectivity index (χ0n) is 11.8. The van der Waals surface area contributed by atoms with E-state index in [1.807, 2.05) is 0 Å². The van der Waals surface area contributed by atoms with E-state index in [1.165, 1.54) is 6.07 Å². The van der Waals surface area contributed by atoms with Crippen molar-refractivity contribution in [2.45, 2.75) is 43.2 Å². The van der Waals surface area contributed by atoms with Crippen molar-refractivity contribution in [3.05, 3.63) is 29.8 Å². The maximum absolute atomic E-state index is 12.2. The molecule has 0 spiro atoms. The summed E-state index contributed by atoms with van der Waals surface area (Å²) in [5.74, 6) is -0.0148. The maximum atomic E-state index is 12.2. The molecule has 0 unspecified atom stereocenters. The second kappa shape index (κ2) is 7.02. The summed E-state index contributed by atoms with van der Waals surface area (Å²) in [7, 11) is -3.57. The Morgan fingerprint density at radius 1 is 1.29 bits per heavy atom. The van der Waals surface area contributed by atoms with Crippen LogP contribution < -0.4 is 15.8 Å². The van der Waals surface area contributed by atoms with Crippen molar-refractivity contribution in [2.75, 3.05) is 6.54 Å². The number of rotatable bonds is 8. The van der Waals surface area contributed by atoms with Crippen molar-refractivity contribution in [1.29, 1.82) is 0 Å². The molecule has 0 heterocycles. The van der Waals surface area contributed by atoms with E-state index < -0.39 is 10.0 Å². The van der Waals surface area contributed by atoms with E-state index in [4.69, 9.17) is 5.73 Å². The van der Waals surface area contributed by atoms with Gasteiger partial charge in [-0.05, 0) is 30.9 Å². The Morgan fingerprint density at radius 3 is 2.67 bits per heavy atom. The van der Waals surface area contributed by atoms with Crippen molar-refractivity contribution in [3.63, 3.8) is 0 Å². The smallest absolute Gasteiger partial charge is 0.240 e. The van der Waals surface area contributed by atoms with Gasteiger partial charge in [0.25, 0.3) is 0 Å². The van der Waals surface area contributed by atoms with Gasteiger partial charge in [-0.15, -0.1) is 0 Å². The molecule has 1 aliphatic carbocycles. The lowest BCUT2D eigenvalue weighted by atomic mass is 10.2. The molecule has 4 N–H and O–H groups in total. The Morgan fingerprint density at radius 2 is 2.00 bits per heavy atom. The maximum Gasteiger partial charge on any atom is 0.240 e. The monoisotopic (exact) mass is 311 g/mol. The summed E-state index contributed by atoms with van der Waals surface area (Å²) < 4.78 is 26.9. The summed E-state index contributed by atoms with van der Waals surface area (Å²) >= 11 is 0. The van der Waals surface area contributed by atoms with Crippen LogP contribution in [0.15, 0.2) is 29.2 Å². The van der Waals surface area contributed by atoms with Crippen molar-refractivity contribution < 1.29 is 13.2 Å². The minimum Gasteiger partial charge on any atom is -0.353 e. The summed E-state index contributed by atoms with van der Waals surface area (Å²) in [6.45, 7) is 0.403. The lowest BCUT2D eigenvalue weighted by molar-refractivity contribution is -0.121. The molecular weight excluding hydrogens is 290 g/mol. The second-order valence-corrected chi connectivity index (χ2v) is 6.89. The van der Waals surface area contributed by atoms with Crippen LogP contribution in [0.5, 0.6) is 0 Å². The fraction of sp³-hybridized carbons (Fsp3) is 0.500. The molecule has 0 saturated heterocycles. The number of benzene rings is 1. The zero-order chi connectivity index (χ0) is 15.3.